The maximum Gasteiger partial charge on any atom is 0.335 e. The van der Waals surface area contributed by atoms with Gasteiger partial charge in [-0.25, -0.2) is 9.59 Å². The molecule has 1 aromatic carbocycles. The van der Waals surface area contributed by atoms with E-state index in [-0.39, 0.29) is 19.5 Å². The zero-order chi connectivity index (χ0) is 15.4. The number of benzene rings is 1. The molecule has 2 N–H and O–H groups in total. The van der Waals surface area contributed by atoms with E-state index in [2.05, 4.69) is 0 Å². The van der Waals surface area contributed by atoms with E-state index in [1.807, 2.05) is 6.08 Å². The number of aromatic carboxylic acids is 1. The fraction of sp³-hybridized carbons (Fsp3) is 0.222. The van der Waals surface area contributed by atoms with Crippen LogP contribution in [-0.2, 0) is 37.1 Å². The SMILES string of the molecule is O=C(O)C1=CC2=CCc3cc(C(=O)O)cc4c3C2=C(CC4)C1.[Zn]. The summed E-state index contributed by atoms with van der Waals surface area (Å²) in [6, 6.07) is 3.52. The Morgan fingerprint density at radius 2 is 1.74 bits per heavy atom. The molecule has 0 heterocycles. The van der Waals surface area contributed by atoms with Crippen molar-refractivity contribution >= 4 is 17.5 Å². The van der Waals surface area contributed by atoms with Gasteiger partial charge < -0.3 is 10.2 Å². The molecule has 0 aliphatic heterocycles. The predicted octanol–water partition coefficient (Wildman–Crippen LogP) is 2.98. The first-order valence-corrected chi connectivity index (χ1v) is 7.30. The molecule has 5 heteroatoms. The van der Waals surface area contributed by atoms with Crippen LogP contribution in [0.2, 0.25) is 0 Å². The van der Waals surface area contributed by atoms with Crippen LogP contribution in [0, 0.1) is 0 Å². The van der Waals surface area contributed by atoms with Crippen molar-refractivity contribution in [2.24, 2.45) is 0 Å². The molecule has 23 heavy (non-hydrogen) atoms. The van der Waals surface area contributed by atoms with Crippen molar-refractivity contribution in [1.82, 2.24) is 0 Å². The molecular formula is C18H14O4Zn. The minimum atomic E-state index is -0.898. The summed E-state index contributed by atoms with van der Waals surface area (Å²) >= 11 is 0. The summed E-state index contributed by atoms with van der Waals surface area (Å²) < 4.78 is 0. The van der Waals surface area contributed by atoms with E-state index in [4.69, 9.17) is 0 Å². The molecule has 0 amide bonds. The first-order chi connectivity index (χ1) is 10.5. The Hall–Kier alpha value is -2.00. The van der Waals surface area contributed by atoms with Crippen LogP contribution in [0.25, 0.3) is 5.57 Å². The van der Waals surface area contributed by atoms with Crippen LogP contribution >= 0.6 is 0 Å². The fourth-order valence-corrected chi connectivity index (χ4v) is 3.74. The van der Waals surface area contributed by atoms with Crippen LogP contribution in [0.4, 0.5) is 0 Å². The molecule has 1 aromatic rings. The zero-order valence-electron chi connectivity index (χ0n) is 12.6. The van der Waals surface area contributed by atoms with Gasteiger partial charge in [0.05, 0.1) is 5.56 Å². The van der Waals surface area contributed by atoms with Crippen molar-refractivity contribution in [3.63, 3.8) is 0 Å². The van der Waals surface area contributed by atoms with Crippen molar-refractivity contribution in [2.45, 2.75) is 25.7 Å². The van der Waals surface area contributed by atoms with Crippen LogP contribution in [0.5, 0.6) is 0 Å². The molecule has 0 atom stereocenters. The maximum absolute atomic E-state index is 11.3. The number of allylic oxidation sites excluding steroid dienone is 5. The quantitative estimate of drug-likeness (QED) is 0.796. The van der Waals surface area contributed by atoms with Crippen LogP contribution in [0.15, 0.2) is 41.0 Å². The molecule has 0 bridgehead atoms. The second-order valence-corrected chi connectivity index (χ2v) is 5.97. The number of carbonyl (C=O) groups is 2. The van der Waals surface area contributed by atoms with Crippen molar-refractivity contribution in [3.8, 4) is 0 Å². The van der Waals surface area contributed by atoms with Gasteiger partial charge in [-0.05, 0) is 65.3 Å². The maximum atomic E-state index is 11.3. The van der Waals surface area contributed by atoms with E-state index in [0.717, 1.165) is 40.7 Å². The summed E-state index contributed by atoms with van der Waals surface area (Å²) in [5.74, 6) is -1.75. The Morgan fingerprint density at radius 3 is 2.43 bits per heavy atom. The van der Waals surface area contributed by atoms with Crippen molar-refractivity contribution in [1.29, 1.82) is 0 Å². The third kappa shape index (κ3) is 2.40. The van der Waals surface area contributed by atoms with Gasteiger partial charge in [0.1, 0.15) is 0 Å². The monoisotopic (exact) mass is 358 g/mol. The van der Waals surface area contributed by atoms with Gasteiger partial charge in [-0.2, -0.15) is 0 Å². The summed E-state index contributed by atoms with van der Waals surface area (Å²) in [6.07, 6.45) is 6.50. The smallest absolute Gasteiger partial charge is 0.335 e. The molecule has 0 spiro atoms. The average Bonchev–Trinajstić information content (AvgIpc) is 2.51. The van der Waals surface area contributed by atoms with Gasteiger partial charge in [-0.3, -0.25) is 0 Å². The topological polar surface area (TPSA) is 74.6 Å². The van der Waals surface area contributed by atoms with Crippen LogP contribution in [0.3, 0.4) is 0 Å². The molecule has 0 radical (unpaired) electrons. The van der Waals surface area contributed by atoms with Crippen LogP contribution in [0.1, 0.15) is 39.9 Å². The first-order valence-electron chi connectivity index (χ1n) is 7.30. The minimum absolute atomic E-state index is 0. The van der Waals surface area contributed by atoms with E-state index < -0.39 is 11.9 Å². The van der Waals surface area contributed by atoms with Gasteiger partial charge in [0.25, 0.3) is 0 Å². The number of aliphatic carboxylic acids is 1. The fourth-order valence-electron chi connectivity index (χ4n) is 3.74. The molecule has 0 unspecified atom stereocenters. The van der Waals surface area contributed by atoms with Crippen molar-refractivity contribution in [3.05, 3.63) is 63.3 Å². The summed E-state index contributed by atoms with van der Waals surface area (Å²) in [5.41, 5.74) is 7.34. The Balaban J connectivity index is 0.00000156. The molecule has 0 fully saturated rings. The average molecular weight is 360 g/mol. The van der Waals surface area contributed by atoms with E-state index >= 15 is 0 Å². The molecule has 3 aliphatic carbocycles. The predicted molar refractivity (Wildman–Crippen MR) is 80.8 cm³/mol. The summed E-state index contributed by atoms with van der Waals surface area (Å²) in [5, 5.41) is 18.5. The summed E-state index contributed by atoms with van der Waals surface area (Å²) in [6.45, 7) is 0. The second-order valence-electron chi connectivity index (χ2n) is 5.97. The van der Waals surface area contributed by atoms with Gasteiger partial charge in [-0.15, -0.1) is 0 Å². The Kier molecular flexibility index (Phi) is 3.85. The number of rotatable bonds is 2. The Morgan fingerprint density at radius 1 is 1.00 bits per heavy atom. The molecule has 4 rings (SSSR count). The third-order valence-electron chi connectivity index (χ3n) is 4.69. The molecule has 0 saturated heterocycles. The van der Waals surface area contributed by atoms with Crippen LogP contribution < -0.4 is 0 Å². The Bertz CT molecular complexity index is 843. The Labute approximate surface area is 146 Å². The van der Waals surface area contributed by atoms with Crippen molar-refractivity contribution < 1.29 is 39.3 Å². The molecule has 3 aliphatic rings. The van der Waals surface area contributed by atoms with E-state index in [1.54, 1.807) is 18.2 Å². The number of carboxylic acids is 2. The van der Waals surface area contributed by atoms with Gasteiger partial charge in [0.15, 0.2) is 0 Å². The molecule has 112 valence electrons. The minimum Gasteiger partial charge on any atom is -0.478 e. The first kappa shape index (κ1) is 15.9. The molecular weight excluding hydrogens is 346 g/mol. The van der Waals surface area contributed by atoms with E-state index in [1.165, 1.54) is 5.57 Å². The standard InChI is InChI=1S/C18H14O4.Zn/c19-17(20)13-5-9-1-2-10-6-14(18(21)22)8-12-4-3-11(7-13)15(9)16(10)12;/h1,5-6,8H,2-4,7H2,(H,19,20)(H,21,22);. The van der Waals surface area contributed by atoms with E-state index in [9.17, 15) is 19.8 Å². The van der Waals surface area contributed by atoms with Crippen molar-refractivity contribution in [2.75, 3.05) is 0 Å². The number of aryl methyl sites for hydroxylation is 1. The van der Waals surface area contributed by atoms with Gasteiger partial charge in [0, 0.05) is 31.5 Å². The molecule has 4 nitrogen and oxygen atoms in total. The van der Waals surface area contributed by atoms with Gasteiger partial charge >= 0.3 is 11.9 Å². The van der Waals surface area contributed by atoms with E-state index in [0.29, 0.717) is 24.0 Å². The number of hydrogen-bond acceptors (Lipinski definition) is 2. The third-order valence-corrected chi connectivity index (χ3v) is 4.69. The molecule has 0 saturated carbocycles. The normalized spacial score (nSPS) is 17.6. The van der Waals surface area contributed by atoms with Crippen LogP contribution in [-0.4, -0.2) is 22.2 Å². The summed E-state index contributed by atoms with van der Waals surface area (Å²) in [7, 11) is 0. The second kappa shape index (κ2) is 5.57. The number of hydrogen-bond donors (Lipinski definition) is 2. The summed E-state index contributed by atoms with van der Waals surface area (Å²) in [4.78, 5) is 22.6. The van der Waals surface area contributed by atoms with Gasteiger partial charge in [-0.1, -0.05) is 11.6 Å². The zero-order valence-corrected chi connectivity index (χ0v) is 15.5. The molecule has 0 aromatic heterocycles. The number of carboxylic acid groups (broad SMARTS) is 2. The largest absolute Gasteiger partial charge is 0.478 e. The van der Waals surface area contributed by atoms with Gasteiger partial charge in [0.2, 0.25) is 0 Å².